The molecule has 1 heterocycles. The number of nitrogens with zero attached hydrogens (tertiary/aromatic N) is 1. The second-order valence-electron chi connectivity index (χ2n) is 7.34. The van der Waals surface area contributed by atoms with Gasteiger partial charge in [0.15, 0.2) is 0 Å². The molecule has 1 unspecified atom stereocenters. The van der Waals surface area contributed by atoms with Crippen molar-refractivity contribution in [2.75, 3.05) is 26.7 Å². The summed E-state index contributed by atoms with van der Waals surface area (Å²) in [6.45, 7) is 7.51. The van der Waals surface area contributed by atoms with Crippen LogP contribution in [0.25, 0.3) is 0 Å². The molecule has 1 aromatic rings. The summed E-state index contributed by atoms with van der Waals surface area (Å²) in [4.78, 5) is 12.6. The van der Waals surface area contributed by atoms with Crippen molar-refractivity contribution in [3.63, 3.8) is 0 Å². The summed E-state index contributed by atoms with van der Waals surface area (Å²) in [7, 11) is -1.64. The summed E-state index contributed by atoms with van der Waals surface area (Å²) in [6, 6.07) is 7.33. The van der Waals surface area contributed by atoms with Crippen LogP contribution in [0.1, 0.15) is 45.1 Å². The molecule has 7 heteroatoms. The highest BCUT2D eigenvalue weighted by molar-refractivity contribution is 7.89. The number of likely N-dealkylation sites (N-methyl/N-ethyl adjacent to an activating group) is 1. The molecule has 0 radical (unpaired) electrons. The van der Waals surface area contributed by atoms with Crippen molar-refractivity contribution in [2.24, 2.45) is 5.92 Å². The summed E-state index contributed by atoms with van der Waals surface area (Å²) in [5.41, 5.74) is 1.12. The van der Waals surface area contributed by atoms with Gasteiger partial charge in [-0.2, -0.15) is 4.31 Å². The summed E-state index contributed by atoms with van der Waals surface area (Å²) in [5.74, 6) is 0.269. The van der Waals surface area contributed by atoms with E-state index >= 15 is 0 Å². The number of carbonyl (C=O) groups is 1. The second kappa shape index (κ2) is 8.97. The maximum Gasteiger partial charge on any atom is 0.243 e. The zero-order valence-corrected chi connectivity index (χ0v) is 17.0. The second-order valence-corrected chi connectivity index (χ2v) is 9.27. The lowest BCUT2D eigenvalue weighted by atomic mass is 9.97. The number of piperidine rings is 1. The van der Waals surface area contributed by atoms with Crippen molar-refractivity contribution in [1.82, 2.24) is 14.9 Å². The third-order valence-corrected chi connectivity index (χ3v) is 7.00. The Morgan fingerprint density at radius 2 is 1.73 bits per heavy atom. The number of carbonyl (C=O) groups excluding carboxylic acids is 1. The van der Waals surface area contributed by atoms with Gasteiger partial charge in [-0.3, -0.25) is 4.79 Å². The quantitative estimate of drug-likeness (QED) is 0.757. The van der Waals surface area contributed by atoms with Crippen LogP contribution in [-0.2, 0) is 14.8 Å². The number of nitrogens with one attached hydrogen (secondary N) is 2. The largest absolute Gasteiger partial charge is 0.354 e. The number of rotatable bonds is 7. The fourth-order valence-electron chi connectivity index (χ4n) is 3.03. The Morgan fingerprint density at radius 1 is 1.15 bits per heavy atom. The fourth-order valence-corrected chi connectivity index (χ4v) is 4.50. The van der Waals surface area contributed by atoms with Gasteiger partial charge in [0.1, 0.15) is 0 Å². The summed E-state index contributed by atoms with van der Waals surface area (Å²) in [6.07, 6.45) is 1.12. The molecule has 1 saturated heterocycles. The molecule has 2 rings (SSSR count). The van der Waals surface area contributed by atoms with Gasteiger partial charge >= 0.3 is 0 Å². The van der Waals surface area contributed by atoms with Crippen LogP contribution in [0, 0.1) is 5.92 Å². The molecular formula is C19H31N3O3S. The molecule has 1 aliphatic rings. The normalized spacial score (nSPS) is 18.0. The topological polar surface area (TPSA) is 78.5 Å². The van der Waals surface area contributed by atoms with Crippen LogP contribution in [0.3, 0.4) is 0 Å². The molecule has 0 bridgehead atoms. The standard InChI is InChI=1S/C19H31N3O3S/c1-14(2)16-5-7-18(8-6-16)26(24,25)22-11-9-17(10-12-22)19(23)21-13-15(3)20-4/h5-8,14-15,17,20H,9-13H2,1-4H3,(H,21,23). The first kappa shape index (κ1) is 20.9. The molecular weight excluding hydrogens is 350 g/mol. The van der Waals surface area contributed by atoms with Crippen LogP contribution in [0.4, 0.5) is 0 Å². The van der Waals surface area contributed by atoms with Crippen LogP contribution in [0.5, 0.6) is 0 Å². The molecule has 146 valence electrons. The Bertz CT molecular complexity index is 693. The Kier molecular flexibility index (Phi) is 7.20. The first-order valence-electron chi connectivity index (χ1n) is 9.30. The zero-order chi connectivity index (χ0) is 19.3. The van der Waals surface area contributed by atoms with Crippen molar-refractivity contribution in [1.29, 1.82) is 0 Å². The number of sulfonamides is 1. The van der Waals surface area contributed by atoms with Gasteiger partial charge in [0.25, 0.3) is 0 Å². The van der Waals surface area contributed by atoms with Gasteiger partial charge < -0.3 is 10.6 Å². The SMILES string of the molecule is CNC(C)CNC(=O)C1CCN(S(=O)(=O)c2ccc(C(C)C)cc2)CC1. The molecule has 1 atom stereocenters. The first-order valence-corrected chi connectivity index (χ1v) is 10.7. The van der Waals surface area contributed by atoms with E-state index in [9.17, 15) is 13.2 Å². The summed E-state index contributed by atoms with van der Waals surface area (Å²) >= 11 is 0. The third kappa shape index (κ3) is 5.05. The molecule has 1 aliphatic heterocycles. The molecule has 1 aromatic carbocycles. The monoisotopic (exact) mass is 381 g/mol. The predicted octanol–water partition coefficient (Wildman–Crippen LogP) is 1.93. The van der Waals surface area contributed by atoms with E-state index in [4.69, 9.17) is 0 Å². The predicted molar refractivity (Wildman–Crippen MR) is 104 cm³/mol. The Hall–Kier alpha value is -1.44. The Labute approximate surface area is 157 Å². The van der Waals surface area contributed by atoms with Crippen molar-refractivity contribution in [3.05, 3.63) is 29.8 Å². The maximum atomic E-state index is 12.8. The van der Waals surface area contributed by atoms with Gasteiger partial charge in [-0.25, -0.2) is 8.42 Å². The number of hydrogen-bond acceptors (Lipinski definition) is 4. The molecule has 1 fully saturated rings. The first-order chi connectivity index (χ1) is 12.3. The molecule has 6 nitrogen and oxygen atoms in total. The minimum absolute atomic E-state index is 0.0189. The summed E-state index contributed by atoms with van der Waals surface area (Å²) < 4.78 is 27.1. The molecule has 1 amide bonds. The van der Waals surface area contributed by atoms with Gasteiger partial charge in [-0.05, 0) is 50.4 Å². The van der Waals surface area contributed by atoms with Crippen molar-refractivity contribution < 1.29 is 13.2 Å². The van der Waals surface area contributed by atoms with E-state index in [0.29, 0.717) is 43.3 Å². The molecule has 0 aliphatic carbocycles. The maximum absolute atomic E-state index is 12.8. The zero-order valence-electron chi connectivity index (χ0n) is 16.2. The average molecular weight is 382 g/mol. The Balaban J connectivity index is 1.94. The average Bonchev–Trinajstić information content (AvgIpc) is 2.65. The summed E-state index contributed by atoms with van der Waals surface area (Å²) in [5, 5.41) is 6.01. The van der Waals surface area contributed by atoms with Crippen molar-refractivity contribution in [3.8, 4) is 0 Å². The minimum atomic E-state index is -3.49. The van der Waals surface area contributed by atoms with Crippen molar-refractivity contribution >= 4 is 15.9 Å². The molecule has 0 saturated carbocycles. The van der Waals surface area contributed by atoms with Crippen LogP contribution in [0.15, 0.2) is 29.2 Å². The highest BCUT2D eigenvalue weighted by Gasteiger charge is 2.32. The van der Waals surface area contributed by atoms with Crippen LogP contribution >= 0.6 is 0 Å². The van der Waals surface area contributed by atoms with Crippen LogP contribution < -0.4 is 10.6 Å². The molecule has 0 aromatic heterocycles. The van der Waals surface area contributed by atoms with Gasteiger partial charge in [0.2, 0.25) is 15.9 Å². The van der Waals surface area contributed by atoms with Gasteiger partial charge in [-0.1, -0.05) is 26.0 Å². The number of hydrogen-bond donors (Lipinski definition) is 2. The fraction of sp³-hybridized carbons (Fsp3) is 0.632. The van der Waals surface area contributed by atoms with E-state index in [1.165, 1.54) is 4.31 Å². The van der Waals surface area contributed by atoms with E-state index in [-0.39, 0.29) is 17.9 Å². The van der Waals surface area contributed by atoms with E-state index in [1.54, 1.807) is 12.1 Å². The minimum Gasteiger partial charge on any atom is -0.354 e. The number of benzene rings is 1. The lowest BCUT2D eigenvalue weighted by molar-refractivity contribution is -0.126. The van der Waals surface area contributed by atoms with Gasteiger partial charge in [0.05, 0.1) is 4.90 Å². The van der Waals surface area contributed by atoms with E-state index in [1.807, 2.05) is 26.1 Å². The van der Waals surface area contributed by atoms with Crippen LogP contribution in [0.2, 0.25) is 0 Å². The highest BCUT2D eigenvalue weighted by atomic mass is 32.2. The smallest absolute Gasteiger partial charge is 0.243 e. The highest BCUT2D eigenvalue weighted by Crippen LogP contribution is 2.25. The van der Waals surface area contributed by atoms with Gasteiger partial charge in [-0.15, -0.1) is 0 Å². The molecule has 0 spiro atoms. The van der Waals surface area contributed by atoms with Crippen molar-refractivity contribution in [2.45, 2.75) is 50.5 Å². The Morgan fingerprint density at radius 3 is 2.23 bits per heavy atom. The van der Waals surface area contributed by atoms with Crippen LogP contribution in [-0.4, -0.2) is 51.4 Å². The van der Waals surface area contributed by atoms with E-state index < -0.39 is 10.0 Å². The lowest BCUT2D eigenvalue weighted by Crippen LogP contribution is -2.45. The molecule has 2 N–H and O–H groups in total. The van der Waals surface area contributed by atoms with E-state index in [0.717, 1.165) is 5.56 Å². The van der Waals surface area contributed by atoms with Gasteiger partial charge in [0, 0.05) is 31.6 Å². The lowest BCUT2D eigenvalue weighted by Gasteiger charge is -2.30. The van der Waals surface area contributed by atoms with E-state index in [2.05, 4.69) is 24.5 Å². The third-order valence-electron chi connectivity index (χ3n) is 5.08. The molecule has 26 heavy (non-hydrogen) atoms. The number of amides is 1.